The summed E-state index contributed by atoms with van der Waals surface area (Å²) in [5.74, 6) is -0.832. The van der Waals surface area contributed by atoms with Crippen LogP contribution < -0.4 is 5.32 Å². The number of carbonyl (C=O) groups excluding carboxylic acids is 3. The molecule has 0 aromatic heterocycles. The van der Waals surface area contributed by atoms with Gasteiger partial charge in [0.05, 0.1) is 16.0 Å². The van der Waals surface area contributed by atoms with Gasteiger partial charge < -0.3 is 15.1 Å². The molecule has 0 radical (unpaired) electrons. The zero-order valence-electron chi connectivity index (χ0n) is 18.5. The average molecular weight is 470 g/mol. The van der Waals surface area contributed by atoms with Crippen LogP contribution in [0.4, 0.5) is 10.1 Å². The lowest BCUT2D eigenvalue weighted by molar-refractivity contribution is -0.137. The van der Waals surface area contributed by atoms with Gasteiger partial charge in [0, 0.05) is 31.7 Å². The van der Waals surface area contributed by atoms with E-state index in [0.29, 0.717) is 23.6 Å². The highest BCUT2D eigenvalue weighted by atomic mass is 35.5. The van der Waals surface area contributed by atoms with Crippen LogP contribution in [0.3, 0.4) is 0 Å². The fourth-order valence-corrected chi connectivity index (χ4v) is 5.64. The van der Waals surface area contributed by atoms with E-state index in [1.54, 1.807) is 23.1 Å². The van der Waals surface area contributed by atoms with Crippen LogP contribution in [0, 0.1) is 0 Å². The molecule has 1 spiro atoms. The zero-order chi connectivity index (χ0) is 23.5. The fourth-order valence-electron chi connectivity index (χ4n) is 5.37. The van der Waals surface area contributed by atoms with Crippen LogP contribution in [0.15, 0.2) is 42.5 Å². The van der Waals surface area contributed by atoms with E-state index in [1.807, 2.05) is 24.3 Å². The number of benzene rings is 2. The molecule has 0 unspecified atom stereocenters. The van der Waals surface area contributed by atoms with Crippen molar-refractivity contribution in [2.45, 2.75) is 50.4 Å². The lowest BCUT2D eigenvalue weighted by atomic mass is 9.81. The highest BCUT2D eigenvalue weighted by Crippen LogP contribution is 2.44. The number of likely N-dealkylation sites (tertiary alicyclic amines) is 1. The molecule has 3 aliphatic heterocycles. The number of rotatable bonds is 4. The predicted octanol–water partition coefficient (Wildman–Crippen LogP) is 3.93. The van der Waals surface area contributed by atoms with E-state index in [4.69, 9.17) is 11.6 Å². The van der Waals surface area contributed by atoms with E-state index in [9.17, 15) is 18.8 Å². The summed E-state index contributed by atoms with van der Waals surface area (Å²) < 4.78 is 14.8. The van der Waals surface area contributed by atoms with Gasteiger partial charge in [0.25, 0.3) is 5.91 Å². The Morgan fingerprint density at radius 2 is 1.97 bits per heavy atom. The molecule has 3 amide bonds. The van der Waals surface area contributed by atoms with Gasteiger partial charge in [-0.2, -0.15) is 0 Å². The number of amides is 3. The molecule has 1 saturated heterocycles. The summed E-state index contributed by atoms with van der Waals surface area (Å²) in [6.07, 6.45) is 0.336. The van der Waals surface area contributed by atoms with E-state index in [0.717, 1.165) is 16.8 Å². The molecule has 3 aliphatic rings. The van der Waals surface area contributed by atoms with Crippen LogP contribution in [0.1, 0.15) is 48.2 Å². The Bertz CT molecular complexity index is 1180. The molecule has 5 rings (SSSR count). The maximum Gasteiger partial charge on any atom is 0.256 e. The Balaban J connectivity index is 1.45. The minimum absolute atomic E-state index is 0.127. The van der Waals surface area contributed by atoms with E-state index in [1.165, 1.54) is 18.7 Å². The summed E-state index contributed by atoms with van der Waals surface area (Å²) in [6.45, 7) is 3.57. The van der Waals surface area contributed by atoms with Crippen molar-refractivity contribution in [2.24, 2.45) is 0 Å². The Morgan fingerprint density at radius 1 is 1.21 bits per heavy atom. The molecule has 3 heterocycles. The third-order valence-electron chi connectivity index (χ3n) is 6.96. The van der Waals surface area contributed by atoms with Crippen LogP contribution in [-0.4, -0.2) is 52.3 Å². The highest BCUT2D eigenvalue weighted by Gasteiger charge is 2.53. The van der Waals surface area contributed by atoms with Crippen molar-refractivity contribution in [3.05, 3.63) is 64.2 Å². The second-order valence-electron chi connectivity index (χ2n) is 9.74. The van der Waals surface area contributed by atoms with E-state index < -0.39 is 17.1 Å². The molecule has 2 aromatic carbocycles. The largest absolute Gasteiger partial charge is 0.339 e. The standard InChI is InChI=1S/C25H25ClFN3O3/c1-24(2,27)12-19(30-13-15-6-5-8-17(26)20(15)22(30)32)21(31)29-11-10-25(14-29)16-7-3-4-9-18(16)28-23(25)33/h3-9,19H,10-14H2,1-2H3,(H,28,33)/t19-,25-/m0/s1. The van der Waals surface area contributed by atoms with Gasteiger partial charge in [0.2, 0.25) is 11.8 Å². The maximum absolute atomic E-state index is 14.8. The lowest BCUT2D eigenvalue weighted by Gasteiger charge is -2.33. The molecule has 1 N–H and O–H groups in total. The van der Waals surface area contributed by atoms with Crippen molar-refractivity contribution < 1.29 is 18.8 Å². The number of hydrogen-bond donors (Lipinski definition) is 1. The second kappa shape index (κ2) is 7.55. The molecule has 2 atom stereocenters. The molecular weight excluding hydrogens is 445 g/mol. The number of nitrogens with zero attached hydrogens (tertiary/aromatic N) is 2. The van der Waals surface area contributed by atoms with Crippen molar-refractivity contribution in [3.63, 3.8) is 0 Å². The number of fused-ring (bicyclic) bond motifs is 3. The van der Waals surface area contributed by atoms with Gasteiger partial charge in [-0.15, -0.1) is 0 Å². The molecule has 0 bridgehead atoms. The number of para-hydroxylation sites is 1. The van der Waals surface area contributed by atoms with Gasteiger partial charge in [-0.25, -0.2) is 4.39 Å². The highest BCUT2D eigenvalue weighted by molar-refractivity contribution is 6.34. The van der Waals surface area contributed by atoms with Crippen molar-refractivity contribution in [2.75, 3.05) is 18.4 Å². The molecule has 2 aromatic rings. The monoisotopic (exact) mass is 469 g/mol. The van der Waals surface area contributed by atoms with Crippen LogP contribution >= 0.6 is 11.6 Å². The molecule has 33 heavy (non-hydrogen) atoms. The Hall–Kier alpha value is -2.93. The van der Waals surface area contributed by atoms with Gasteiger partial charge in [-0.3, -0.25) is 14.4 Å². The molecular formula is C25H25ClFN3O3. The first-order valence-corrected chi connectivity index (χ1v) is 11.5. The third kappa shape index (κ3) is 3.50. The Labute approximate surface area is 196 Å². The number of alkyl halides is 1. The van der Waals surface area contributed by atoms with E-state index in [2.05, 4.69) is 5.32 Å². The van der Waals surface area contributed by atoms with Gasteiger partial charge in [-0.1, -0.05) is 41.9 Å². The van der Waals surface area contributed by atoms with Gasteiger partial charge in [0.15, 0.2) is 0 Å². The van der Waals surface area contributed by atoms with Crippen LogP contribution in [0.5, 0.6) is 0 Å². The Kier molecular flexibility index (Phi) is 5.01. The lowest BCUT2D eigenvalue weighted by Crippen LogP contribution is -2.51. The molecule has 172 valence electrons. The van der Waals surface area contributed by atoms with Crippen LogP contribution in [-0.2, 0) is 21.5 Å². The first kappa shape index (κ1) is 21.9. The first-order valence-electron chi connectivity index (χ1n) is 11.1. The van der Waals surface area contributed by atoms with Crippen molar-refractivity contribution in [1.82, 2.24) is 9.80 Å². The van der Waals surface area contributed by atoms with Crippen molar-refractivity contribution in [3.8, 4) is 0 Å². The predicted molar refractivity (Wildman–Crippen MR) is 123 cm³/mol. The summed E-state index contributed by atoms with van der Waals surface area (Å²) in [7, 11) is 0. The first-order chi connectivity index (χ1) is 15.6. The molecule has 6 nitrogen and oxygen atoms in total. The zero-order valence-corrected chi connectivity index (χ0v) is 19.3. The summed E-state index contributed by atoms with van der Waals surface area (Å²) in [5.41, 5.74) is 0.249. The third-order valence-corrected chi connectivity index (χ3v) is 7.28. The summed E-state index contributed by atoms with van der Waals surface area (Å²) in [6, 6.07) is 11.7. The van der Waals surface area contributed by atoms with Gasteiger partial charge in [-0.05, 0) is 43.5 Å². The topological polar surface area (TPSA) is 69.7 Å². The summed E-state index contributed by atoms with van der Waals surface area (Å²) in [5, 5.41) is 3.25. The SMILES string of the molecule is CC(C)(F)C[C@@H](C(=O)N1CC[C@@]2(C1)C(=O)Nc1ccccc12)N1Cc2cccc(Cl)c2C1=O. The molecule has 8 heteroatoms. The normalized spacial score (nSPS) is 22.5. The molecule has 0 aliphatic carbocycles. The van der Waals surface area contributed by atoms with E-state index >= 15 is 0 Å². The summed E-state index contributed by atoms with van der Waals surface area (Å²) in [4.78, 5) is 42.9. The fraction of sp³-hybridized carbons (Fsp3) is 0.400. The quantitative estimate of drug-likeness (QED) is 0.737. The minimum Gasteiger partial charge on any atom is -0.339 e. The average Bonchev–Trinajstić information content (AvgIpc) is 3.42. The minimum atomic E-state index is -1.67. The van der Waals surface area contributed by atoms with E-state index in [-0.39, 0.29) is 37.2 Å². The maximum atomic E-state index is 14.8. The number of anilines is 1. The van der Waals surface area contributed by atoms with Crippen molar-refractivity contribution in [1.29, 1.82) is 0 Å². The number of halogens is 2. The number of carbonyl (C=O) groups is 3. The van der Waals surface area contributed by atoms with Gasteiger partial charge >= 0.3 is 0 Å². The van der Waals surface area contributed by atoms with Crippen LogP contribution in [0.2, 0.25) is 5.02 Å². The smallest absolute Gasteiger partial charge is 0.256 e. The summed E-state index contributed by atoms with van der Waals surface area (Å²) >= 11 is 6.26. The van der Waals surface area contributed by atoms with Gasteiger partial charge in [0.1, 0.15) is 11.7 Å². The van der Waals surface area contributed by atoms with Crippen molar-refractivity contribution >= 4 is 35.0 Å². The number of nitrogens with one attached hydrogen (secondary N) is 1. The second-order valence-corrected chi connectivity index (χ2v) is 10.1. The molecule has 0 saturated carbocycles. The molecule has 1 fully saturated rings. The number of hydrogen-bond acceptors (Lipinski definition) is 3. The Morgan fingerprint density at radius 3 is 2.70 bits per heavy atom. The van der Waals surface area contributed by atoms with Crippen LogP contribution in [0.25, 0.3) is 0 Å².